The van der Waals surface area contributed by atoms with Crippen LogP contribution < -0.4 is 5.32 Å². The third-order valence-corrected chi connectivity index (χ3v) is 6.42. The summed E-state index contributed by atoms with van der Waals surface area (Å²) in [6.07, 6.45) is -3.18. The number of thiazole rings is 2. The number of nitrogens with one attached hydrogen (secondary N) is 1. The summed E-state index contributed by atoms with van der Waals surface area (Å²) in [5, 5.41) is 13.7. The molecule has 1 amide bonds. The van der Waals surface area contributed by atoms with E-state index in [0.29, 0.717) is 22.5 Å². The molecule has 2 N–H and O–H groups in total. The molecular formula is C19H20F3N3O2S2. The molecule has 0 saturated carbocycles. The molecule has 0 radical (unpaired) electrons. The molecule has 0 fully saturated rings. The fourth-order valence-corrected chi connectivity index (χ4v) is 4.66. The number of amides is 1. The first-order chi connectivity index (χ1) is 13.6. The van der Waals surface area contributed by atoms with E-state index in [4.69, 9.17) is 0 Å². The van der Waals surface area contributed by atoms with Crippen LogP contribution in [0.4, 0.5) is 18.3 Å². The predicted molar refractivity (Wildman–Crippen MR) is 108 cm³/mol. The Balaban J connectivity index is 1.78. The normalized spacial score (nSPS) is 14.1. The molecule has 0 aliphatic rings. The number of fused-ring (bicyclic) bond motifs is 1. The van der Waals surface area contributed by atoms with E-state index >= 15 is 0 Å². The lowest BCUT2D eigenvalue weighted by atomic mass is 9.99. The van der Waals surface area contributed by atoms with Crippen LogP contribution in [0.25, 0.3) is 10.2 Å². The number of alkyl halides is 3. The summed E-state index contributed by atoms with van der Waals surface area (Å²) in [7, 11) is 0. The van der Waals surface area contributed by atoms with Gasteiger partial charge in [0, 0.05) is 11.1 Å². The molecule has 1 aromatic carbocycles. The van der Waals surface area contributed by atoms with Crippen LogP contribution in [0, 0.1) is 6.92 Å². The molecule has 0 bridgehead atoms. The van der Waals surface area contributed by atoms with E-state index in [1.54, 1.807) is 0 Å². The maximum absolute atomic E-state index is 13.5. The highest BCUT2D eigenvalue weighted by molar-refractivity contribution is 7.22. The van der Waals surface area contributed by atoms with Gasteiger partial charge in [0.2, 0.25) is 11.5 Å². The minimum atomic E-state index is -5.05. The second-order valence-corrected chi connectivity index (χ2v) is 8.69. The van der Waals surface area contributed by atoms with Gasteiger partial charge in [-0.25, -0.2) is 9.97 Å². The second kappa shape index (κ2) is 8.37. The van der Waals surface area contributed by atoms with E-state index < -0.39 is 29.1 Å². The van der Waals surface area contributed by atoms with Crippen LogP contribution in [0.2, 0.25) is 0 Å². The fourth-order valence-electron chi connectivity index (χ4n) is 2.80. The number of rotatable bonds is 7. The maximum Gasteiger partial charge on any atom is 0.424 e. The van der Waals surface area contributed by atoms with Crippen molar-refractivity contribution in [3.05, 3.63) is 39.8 Å². The fraction of sp³-hybridized carbons (Fsp3) is 0.421. The van der Waals surface area contributed by atoms with Gasteiger partial charge in [-0.05, 0) is 37.5 Å². The topological polar surface area (TPSA) is 75.1 Å². The number of aromatic nitrogens is 2. The second-order valence-electron chi connectivity index (χ2n) is 6.80. The Bertz CT molecular complexity index is 1020. The van der Waals surface area contributed by atoms with Crippen molar-refractivity contribution in [2.75, 3.05) is 5.32 Å². The van der Waals surface area contributed by atoms with Gasteiger partial charge in [0.1, 0.15) is 5.01 Å². The quantitative estimate of drug-likeness (QED) is 0.527. The minimum absolute atomic E-state index is 0.192. The Morgan fingerprint density at radius 2 is 2.03 bits per heavy atom. The average molecular weight is 444 g/mol. The number of hydrogen-bond donors (Lipinski definition) is 2. The highest BCUT2D eigenvalue weighted by atomic mass is 32.1. The Kier molecular flexibility index (Phi) is 6.25. The summed E-state index contributed by atoms with van der Waals surface area (Å²) in [6, 6.07) is 5.76. The summed E-state index contributed by atoms with van der Waals surface area (Å²) in [5.41, 5.74) is -1.20. The number of unbranched alkanes of at least 4 members (excludes halogenated alkanes) is 1. The van der Waals surface area contributed by atoms with Gasteiger partial charge in [0.25, 0.3) is 0 Å². The van der Waals surface area contributed by atoms with Crippen molar-refractivity contribution in [2.45, 2.75) is 51.3 Å². The summed E-state index contributed by atoms with van der Waals surface area (Å²) in [4.78, 5) is 20.3. The maximum atomic E-state index is 13.5. The van der Waals surface area contributed by atoms with Gasteiger partial charge < -0.3 is 10.4 Å². The first kappa shape index (κ1) is 21.7. The molecule has 1 unspecified atom stereocenters. The number of aliphatic hydroxyl groups is 1. The van der Waals surface area contributed by atoms with Crippen molar-refractivity contribution in [1.29, 1.82) is 0 Å². The highest BCUT2D eigenvalue weighted by Gasteiger charge is 2.58. The first-order valence-corrected chi connectivity index (χ1v) is 10.7. The number of carbonyl (C=O) groups is 1. The molecule has 0 spiro atoms. The van der Waals surface area contributed by atoms with Crippen LogP contribution in [0.1, 0.15) is 42.5 Å². The van der Waals surface area contributed by atoms with Gasteiger partial charge in [-0.15, -0.1) is 11.3 Å². The smallest absolute Gasteiger partial charge is 0.374 e. The van der Waals surface area contributed by atoms with E-state index in [1.165, 1.54) is 23.6 Å². The Morgan fingerprint density at radius 3 is 2.66 bits per heavy atom. The Labute approximate surface area is 173 Å². The largest absolute Gasteiger partial charge is 0.424 e. The lowest BCUT2D eigenvalue weighted by Gasteiger charge is -2.27. The number of anilines is 1. The van der Waals surface area contributed by atoms with Gasteiger partial charge >= 0.3 is 6.18 Å². The highest BCUT2D eigenvalue weighted by Crippen LogP contribution is 2.43. The molecule has 0 aliphatic carbocycles. The summed E-state index contributed by atoms with van der Waals surface area (Å²) >= 11 is 1.86. The molecule has 3 rings (SSSR count). The van der Waals surface area contributed by atoms with Crippen LogP contribution in [0.15, 0.2) is 23.6 Å². The number of benzene rings is 1. The average Bonchev–Trinajstić information content (AvgIpc) is 3.24. The first-order valence-electron chi connectivity index (χ1n) is 9.03. The number of aryl methyl sites for hydroxylation is 2. The molecular weight excluding hydrogens is 423 g/mol. The molecule has 10 heteroatoms. The third kappa shape index (κ3) is 4.76. The monoisotopic (exact) mass is 443 g/mol. The van der Waals surface area contributed by atoms with Gasteiger partial charge in [0.05, 0.1) is 16.6 Å². The zero-order valence-corrected chi connectivity index (χ0v) is 17.5. The lowest BCUT2D eigenvalue weighted by molar-refractivity contribution is -0.266. The molecule has 29 heavy (non-hydrogen) atoms. The molecule has 0 saturated heterocycles. The van der Waals surface area contributed by atoms with E-state index in [9.17, 15) is 23.1 Å². The molecule has 0 aliphatic heterocycles. The van der Waals surface area contributed by atoms with Gasteiger partial charge in [0.15, 0.2) is 5.13 Å². The third-order valence-electron chi connectivity index (χ3n) is 4.38. The molecule has 1 atom stereocenters. The number of carbonyl (C=O) groups excluding carboxylic acids is 1. The van der Waals surface area contributed by atoms with Crippen molar-refractivity contribution in [1.82, 2.24) is 9.97 Å². The van der Waals surface area contributed by atoms with Crippen LogP contribution in [0.5, 0.6) is 0 Å². The number of hydrogen-bond acceptors (Lipinski definition) is 6. The standard InChI is InChI=1S/C19H20F3N3O2S2/c1-3-4-5-12-6-7-13-14(8-12)29-17(24-13)25-15(26)9-18(27,19(20,21)22)16-23-11(2)10-28-16/h6-8,10,27H,3-5,9H2,1-2H3,(H,24,25,26). The van der Waals surface area contributed by atoms with Gasteiger partial charge in [-0.1, -0.05) is 30.7 Å². The number of halogens is 3. The zero-order chi connectivity index (χ0) is 21.2. The molecule has 2 heterocycles. The predicted octanol–water partition coefficient (Wildman–Crippen LogP) is 5.18. The SMILES string of the molecule is CCCCc1ccc2nc(NC(=O)CC(O)(c3nc(C)cs3)C(F)(F)F)sc2c1. The summed E-state index contributed by atoms with van der Waals surface area (Å²) < 4.78 is 41.5. The van der Waals surface area contributed by atoms with E-state index in [0.717, 1.165) is 29.5 Å². The molecule has 3 aromatic rings. The van der Waals surface area contributed by atoms with Crippen LogP contribution in [0.3, 0.4) is 0 Å². The van der Waals surface area contributed by atoms with E-state index in [-0.39, 0.29) is 5.13 Å². The van der Waals surface area contributed by atoms with Crippen LogP contribution in [-0.4, -0.2) is 27.2 Å². The summed E-state index contributed by atoms with van der Waals surface area (Å²) in [6.45, 7) is 3.63. The zero-order valence-electron chi connectivity index (χ0n) is 15.8. The minimum Gasteiger partial charge on any atom is -0.374 e. The molecule has 156 valence electrons. The van der Waals surface area contributed by atoms with Crippen molar-refractivity contribution in [3.63, 3.8) is 0 Å². The summed E-state index contributed by atoms with van der Waals surface area (Å²) in [5.74, 6) is -0.983. The Morgan fingerprint density at radius 1 is 1.28 bits per heavy atom. The van der Waals surface area contributed by atoms with E-state index in [2.05, 4.69) is 22.2 Å². The Hall–Kier alpha value is -2.04. The lowest BCUT2D eigenvalue weighted by Crippen LogP contribution is -2.45. The van der Waals surface area contributed by atoms with Crippen molar-refractivity contribution < 1.29 is 23.1 Å². The van der Waals surface area contributed by atoms with E-state index in [1.807, 2.05) is 18.2 Å². The molecule has 2 aromatic heterocycles. The van der Waals surface area contributed by atoms with Gasteiger partial charge in [-0.3, -0.25) is 4.79 Å². The molecule has 5 nitrogen and oxygen atoms in total. The van der Waals surface area contributed by atoms with Crippen molar-refractivity contribution in [2.24, 2.45) is 0 Å². The van der Waals surface area contributed by atoms with Crippen LogP contribution in [-0.2, 0) is 16.8 Å². The number of nitrogens with zero attached hydrogens (tertiary/aromatic N) is 2. The van der Waals surface area contributed by atoms with Gasteiger partial charge in [-0.2, -0.15) is 13.2 Å². The van der Waals surface area contributed by atoms with Crippen molar-refractivity contribution >= 4 is 43.9 Å². The van der Waals surface area contributed by atoms with Crippen molar-refractivity contribution in [3.8, 4) is 0 Å². The van der Waals surface area contributed by atoms with Crippen LogP contribution >= 0.6 is 22.7 Å².